The van der Waals surface area contributed by atoms with E-state index in [0.717, 1.165) is 70.5 Å². The third-order valence-corrected chi connectivity index (χ3v) is 11.3. The molecule has 12 nitrogen and oxygen atoms in total. The molecule has 1 aromatic heterocycles. The fourth-order valence-corrected chi connectivity index (χ4v) is 7.63. The molecular weight excluding hydrogens is 678 g/mol. The highest BCUT2D eigenvalue weighted by Gasteiger charge is 2.44. The summed E-state index contributed by atoms with van der Waals surface area (Å²) in [5, 5.41) is 70.6. The summed E-state index contributed by atoms with van der Waals surface area (Å²) >= 11 is 0. The number of unbranched alkanes of at least 4 members (excludes halogenated alkanes) is 18. The Morgan fingerprint density at radius 2 is 1.34 bits per heavy atom. The van der Waals surface area contributed by atoms with E-state index in [-0.39, 0.29) is 6.61 Å². The van der Waals surface area contributed by atoms with Crippen LogP contribution in [0.5, 0.6) is 0 Å². The number of aryl methyl sites for hydroxylation is 1. The normalized spacial score (nSPS) is 24.4. The maximum absolute atomic E-state index is 11.4. The number of aromatic amines is 1. The van der Waals surface area contributed by atoms with Crippen LogP contribution < -0.4 is 0 Å². The number of hydrogen-bond acceptors (Lipinski definition) is 11. The van der Waals surface area contributed by atoms with Gasteiger partial charge in [-0.2, -0.15) is 5.10 Å². The molecule has 2 fully saturated rings. The van der Waals surface area contributed by atoms with E-state index in [1.54, 1.807) is 0 Å². The molecular formula is C41H77N3O9. The summed E-state index contributed by atoms with van der Waals surface area (Å²) in [5.41, 5.74) is 1.49. The molecule has 8 atom stereocenters. The highest BCUT2D eigenvalue weighted by Crippen LogP contribution is 2.28. The van der Waals surface area contributed by atoms with Crippen LogP contribution in [0.2, 0.25) is 0 Å². The number of hydrogen-bond donors (Lipinski definition) is 7. The molecule has 0 saturated carbocycles. The van der Waals surface area contributed by atoms with Crippen molar-refractivity contribution in [3.05, 3.63) is 17.5 Å². The first-order valence-corrected chi connectivity index (χ1v) is 21.5. The first kappa shape index (κ1) is 46.2. The van der Waals surface area contributed by atoms with Gasteiger partial charge in [-0.25, -0.2) is 0 Å². The van der Waals surface area contributed by atoms with Gasteiger partial charge >= 0.3 is 0 Å². The molecule has 53 heavy (non-hydrogen) atoms. The Hall–Kier alpha value is -1.19. The van der Waals surface area contributed by atoms with Crippen molar-refractivity contribution in [3.8, 4) is 0 Å². The van der Waals surface area contributed by atoms with Gasteiger partial charge in [-0.05, 0) is 38.3 Å². The lowest BCUT2D eigenvalue weighted by Crippen LogP contribution is -2.59. The van der Waals surface area contributed by atoms with E-state index in [1.807, 2.05) is 6.07 Å². The van der Waals surface area contributed by atoms with Crippen LogP contribution in [0.15, 0.2) is 6.07 Å². The molecule has 0 spiro atoms. The molecule has 12 heteroatoms. The number of ether oxygens (including phenoxy) is 3. The average molecular weight is 756 g/mol. The van der Waals surface area contributed by atoms with Crippen LogP contribution in [0.3, 0.4) is 0 Å². The fourth-order valence-electron chi connectivity index (χ4n) is 7.63. The Morgan fingerprint density at radius 1 is 0.774 bits per heavy atom. The van der Waals surface area contributed by atoms with Crippen molar-refractivity contribution in [2.45, 2.75) is 197 Å². The van der Waals surface area contributed by atoms with Crippen LogP contribution in [0.1, 0.15) is 159 Å². The number of morpholine rings is 1. The number of aliphatic hydroxyl groups excluding tert-OH is 6. The summed E-state index contributed by atoms with van der Waals surface area (Å²) in [4.78, 5) is 2.50. The maximum Gasteiger partial charge on any atom is 0.186 e. The quantitative estimate of drug-likeness (QED) is 0.0500. The minimum Gasteiger partial charge on any atom is -0.394 e. The van der Waals surface area contributed by atoms with E-state index in [4.69, 9.17) is 14.2 Å². The van der Waals surface area contributed by atoms with Crippen LogP contribution in [-0.4, -0.2) is 135 Å². The van der Waals surface area contributed by atoms with E-state index in [9.17, 15) is 30.6 Å². The van der Waals surface area contributed by atoms with Crippen LogP contribution in [0, 0.1) is 0 Å². The molecule has 0 bridgehead atoms. The number of nitrogens with one attached hydrogen (secondary N) is 1. The Balaban J connectivity index is 1.41. The number of rotatable bonds is 31. The summed E-state index contributed by atoms with van der Waals surface area (Å²) in [6.07, 6.45) is 16.3. The number of H-pyrrole nitrogens is 1. The molecule has 3 heterocycles. The van der Waals surface area contributed by atoms with Crippen LogP contribution >= 0.6 is 0 Å². The van der Waals surface area contributed by atoms with E-state index in [0.29, 0.717) is 12.1 Å². The predicted molar refractivity (Wildman–Crippen MR) is 207 cm³/mol. The van der Waals surface area contributed by atoms with Crippen molar-refractivity contribution < 1.29 is 44.8 Å². The van der Waals surface area contributed by atoms with Crippen molar-refractivity contribution in [2.75, 3.05) is 46.1 Å². The van der Waals surface area contributed by atoms with Gasteiger partial charge in [-0.3, -0.25) is 10.00 Å². The van der Waals surface area contributed by atoms with Crippen LogP contribution in [0.4, 0.5) is 0 Å². The Labute approximate surface area is 320 Å². The summed E-state index contributed by atoms with van der Waals surface area (Å²) < 4.78 is 16.8. The second kappa shape index (κ2) is 28.2. The largest absolute Gasteiger partial charge is 0.394 e. The first-order chi connectivity index (χ1) is 25.8. The second-order valence-electron chi connectivity index (χ2n) is 15.7. The molecule has 2 aliphatic heterocycles. The lowest BCUT2D eigenvalue weighted by atomic mass is 9.91. The molecule has 0 aliphatic carbocycles. The molecule has 0 radical (unpaired) electrons. The smallest absolute Gasteiger partial charge is 0.186 e. The SMILES string of the molecule is CCCCCCCCCCCCCC[C@@H](O)[C@@H](O)[C@H](COC1OC(CO)C(O)C(O)C1O)c1cc(CCCCCCCCCCN2CCOCC2)[nH]n1. The first-order valence-electron chi connectivity index (χ1n) is 21.5. The summed E-state index contributed by atoms with van der Waals surface area (Å²) in [6, 6.07) is 1.91. The van der Waals surface area contributed by atoms with E-state index in [1.165, 1.54) is 103 Å². The molecule has 0 aromatic carbocycles. The molecule has 5 unspecified atom stereocenters. The molecule has 310 valence electrons. The molecule has 0 amide bonds. The van der Waals surface area contributed by atoms with E-state index >= 15 is 0 Å². The van der Waals surface area contributed by atoms with Gasteiger partial charge in [-0.15, -0.1) is 0 Å². The van der Waals surface area contributed by atoms with E-state index in [2.05, 4.69) is 22.0 Å². The Kier molecular flexibility index (Phi) is 24.6. The fraction of sp³-hybridized carbons (Fsp3) is 0.927. The van der Waals surface area contributed by atoms with Crippen molar-refractivity contribution in [1.29, 1.82) is 0 Å². The third kappa shape index (κ3) is 18.1. The topological polar surface area (TPSA) is 181 Å². The van der Waals surface area contributed by atoms with Crippen LogP contribution in [-0.2, 0) is 20.6 Å². The van der Waals surface area contributed by atoms with Gasteiger partial charge in [0.05, 0.1) is 50.2 Å². The summed E-state index contributed by atoms with van der Waals surface area (Å²) in [5.74, 6) is -0.733. The van der Waals surface area contributed by atoms with Crippen molar-refractivity contribution in [1.82, 2.24) is 15.1 Å². The van der Waals surface area contributed by atoms with Gasteiger partial charge in [0.1, 0.15) is 24.4 Å². The minimum atomic E-state index is -1.57. The average Bonchev–Trinajstić information content (AvgIpc) is 3.64. The highest BCUT2D eigenvalue weighted by atomic mass is 16.7. The van der Waals surface area contributed by atoms with Gasteiger partial charge in [0, 0.05) is 18.8 Å². The van der Waals surface area contributed by atoms with Crippen LogP contribution in [0.25, 0.3) is 0 Å². The predicted octanol–water partition coefficient (Wildman–Crippen LogP) is 5.12. The standard InChI is InChI=1S/C41H77N3O9/c1-2-3-4-5-6-7-8-9-10-14-17-20-23-35(46)37(47)33(31-52-41-40(50)39(49)38(48)36(30-45)53-41)34-29-32(42-43-34)22-19-16-13-11-12-15-18-21-24-44-25-27-51-28-26-44/h29,33,35-41,45-50H,2-28,30-31H2,1H3,(H,42,43)/t33-,35-,36?,37+,38?,39?,40?,41?/m1/s1. The molecule has 3 rings (SSSR count). The number of aromatic nitrogens is 2. The maximum atomic E-state index is 11.4. The Morgan fingerprint density at radius 3 is 1.94 bits per heavy atom. The van der Waals surface area contributed by atoms with E-state index < -0.39 is 55.4 Å². The second-order valence-corrected chi connectivity index (χ2v) is 15.7. The zero-order valence-corrected chi connectivity index (χ0v) is 33.0. The van der Waals surface area contributed by atoms with Gasteiger partial charge < -0.3 is 44.8 Å². The van der Waals surface area contributed by atoms with Crippen molar-refractivity contribution in [2.24, 2.45) is 0 Å². The van der Waals surface area contributed by atoms with Crippen molar-refractivity contribution >= 4 is 0 Å². The summed E-state index contributed by atoms with van der Waals surface area (Å²) in [6.45, 7) is 6.58. The minimum absolute atomic E-state index is 0.157. The monoisotopic (exact) mass is 756 g/mol. The van der Waals surface area contributed by atoms with Gasteiger partial charge in [0.2, 0.25) is 0 Å². The molecule has 1 aromatic rings. The van der Waals surface area contributed by atoms with Gasteiger partial charge in [0.15, 0.2) is 6.29 Å². The lowest BCUT2D eigenvalue weighted by molar-refractivity contribution is -0.303. The van der Waals surface area contributed by atoms with Gasteiger partial charge in [0.25, 0.3) is 0 Å². The number of nitrogens with zero attached hydrogens (tertiary/aromatic N) is 2. The highest BCUT2D eigenvalue weighted by molar-refractivity contribution is 5.16. The van der Waals surface area contributed by atoms with Gasteiger partial charge in [-0.1, -0.05) is 122 Å². The lowest BCUT2D eigenvalue weighted by Gasteiger charge is -2.40. The Bertz CT molecular complexity index is 1010. The molecule has 7 N–H and O–H groups in total. The van der Waals surface area contributed by atoms with Crippen molar-refractivity contribution in [3.63, 3.8) is 0 Å². The zero-order valence-electron chi connectivity index (χ0n) is 33.0. The third-order valence-electron chi connectivity index (χ3n) is 11.3. The molecule has 2 saturated heterocycles. The number of aliphatic hydroxyl groups is 6. The zero-order chi connectivity index (χ0) is 38.1. The molecule has 2 aliphatic rings. The summed E-state index contributed by atoms with van der Waals surface area (Å²) in [7, 11) is 0.